The highest BCUT2D eigenvalue weighted by molar-refractivity contribution is 5.20. The van der Waals surface area contributed by atoms with Crippen LogP contribution in [0.1, 0.15) is 67.7 Å². The van der Waals surface area contributed by atoms with Crippen molar-refractivity contribution in [1.82, 2.24) is 4.90 Å². The van der Waals surface area contributed by atoms with Gasteiger partial charge in [-0.2, -0.15) is 0 Å². The normalized spacial score (nSPS) is 17.8. The predicted octanol–water partition coefficient (Wildman–Crippen LogP) is 6.81. The number of allylic oxidation sites excluding steroid dienone is 5. The van der Waals surface area contributed by atoms with E-state index in [4.69, 9.17) is 9.47 Å². The first-order chi connectivity index (χ1) is 13.5. The van der Waals surface area contributed by atoms with Crippen LogP contribution in [-0.4, -0.2) is 36.7 Å². The van der Waals surface area contributed by atoms with E-state index in [1.165, 1.54) is 11.1 Å². The number of rotatable bonds is 10. The second-order valence-electron chi connectivity index (χ2n) is 9.36. The second-order valence-corrected chi connectivity index (χ2v) is 9.36. The molecule has 3 nitrogen and oxygen atoms in total. The fourth-order valence-corrected chi connectivity index (χ4v) is 3.78. The van der Waals surface area contributed by atoms with Crippen molar-refractivity contribution in [2.45, 2.75) is 73.3 Å². The molecular formula is C26H43NO2. The van der Waals surface area contributed by atoms with Gasteiger partial charge in [-0.3, -0.25) is 4.90 Å². The van der Waals surface area contributed by atoms with Crippen molar-refractivity contribution in [3.63, 3.8) is 0 Å². The van der Waals surface area contributed by atoms with Gasteiger partial charge in [0.05, 0.1) is 12.4 Å². The van der Waals surface area contributed by atoms with Gasteiger partial charge in [0.25, 0.3) is 0 Å². The van der Waals surface area contributed by atoms with Crippen molar-refractivity contribution in [2.24, 2.45) is 5.41 Å². The molecule has 0 aromatic rings. The highest BCUT2D eigenvalue weighted by Gasteiger charge is 2.39. The van der Waals surface area contributed by atoms with E-state index >= 15 is 0 Å². The minimum Gasteiger partial charge on any atom is -0.494 e. The molecule has 1 rings (SSSR count). The largest absolute Gasteiger partial charge is 0.494 e. The smallest absolute Gasteiger partial charge is 0.114 e. The Hall–Kier alpha value is -1.74. The minimum absolute atomic E-state index is 0.0452. The number of hydrogen-bond donors (Lipinski definition) is 0. The van der Waals surface area contributed by atoms with Crippen LogP contribution >= 0.6 is 0 Å². The first-order valence-corrected chi connectivity index (χ1v) is 10.9. The molecule has 0 aromatic heterocycles. The summed E-state index contributed by atoms with van der Waals surface area (Å²) in [5.41, 5.74) is 2.19. The molecule has 0 saturated carbocycles. The van der Waals surface area contributed by atoms with Crippen molar-refractivity contribution < 1.29 is 9.47 Å². The van der Waals surface area contributed by atoms with Gasteiger partial charge in [0.15, 0.2) is 0 Å². The van der Waals surface area contributed by atoms with Crippen LogP contribution in [-0.2, 0) is 9.47 Å². The summed E-state index contributed by atoms with van der Waals surface area (Å²) in [5, 5.41) is 0. The van der Waals surface area contributed by atoms with E-state index in [-0.39, 0.29) is 11.0 Å². The number of ether oxygens (including phenoxy) is 2. The van der Waals surface area contributed by atoms with E-state index in [2.05, 4.69) is 58.8 Å². The molecule has 0 spiro atoms. The van der Waals surface area contributed by atoms with Crippen molar-refractivity contribution in [1.29, 1.82) is 0 Å². The molecule has 0 atom stereocenters. The van der Waals surface area contributed by atoms with E-state index < -0.39 is 0 Å². The first kappa shape index (κ1) is 25.3. The van der Waals surface area contributed by atoms with Crippen LogP contribution in [0.5, 0.6) is 0 Å². The molecule has 0 N–H and O–H groups in total. The molecule has 3 heteroatoms. The second kappa shape index (κ2) is 11.4. The molecule has 1 fully saturated rings. The maximum Gasteiger partial charge on any atom is 0.114 e. The molecule has 0 unspecified atom stereocenters. The Morgan fingerprint density at radius 1 is 1.10 bits per heavy atom. The zero-order valence-corrected chi connectivity index (χ0v) is 19.9. The Morgan fingerprint density at radius 2 is 1.72 bits per heavy atom. The molecule has 0 aliphatic carbocycles. The molecule has 0 aromatic carbocycles. The maximum absolute atomic E-state index is 6.26. The Balaban J connectivity index is 2.82. The van der Waals surface area contributed by atoms with E-state index in [0.29, 0.717) is 6.61 Å². The lowest BCUT2D eigenvalue weighted by atomic mass is 9.74. The third kappa shape index (κ3) is 9.08. The quantitative estimate of drug-likeness (QED) is 0.296. The summed E-state index contributed by atoms with van der Waals surface area (Å²) in [4.78, 5) is 2.49. The van der Waals surface area contributed by atoms with Crippen LogP contribution in [0.2, 0.25) is 0 Å². The summed E-state index contributed by atoms with van der Waals surface area (Å²) in [5.74, 6) is 1.82. The van der Waals surface area contributed by atoms with Gasteiger partial charge >= 0.3 is 0 Å². The van der Waals surface area contributed by atoms with Crippen LogP contribution in [0.3, 0.4) is 0 Å². The summed E-state index contributed by atoms with van der Waals surface area (Å²) in [6.45, 7) is 26.7. The maximum atomic E-state index is 6.26. The Labute approximate surface area is 179 Å². The molecule has 1 saturated heterocycles. The van der Waals surface area contributed by atoms with Crippen LogP contribution in [0.4, 0.5) is 0 Å². The molecule has 0 amide bonds. The molecular weight excluding hydrogens is 358 g/mol. The van der Waals surface area contributed by atoms with Crippen LogP contribution in [0.15, 0.2) is 60.1 Å². The summed E-state index contributed by atoms with van der Waals surface area (Å²) < 4.78 is 12.3. The lowest BCUT2D eigenvalue weighted by molar-refractivity contribution is -0.0189. The van der Waals surface area contributed by atoms with Gasteiger partial charge in [0.1, 0.15) is 11.4 Å². The number of hydrogen-bond acceptors (Lipinski definition) is 3. The first-order valence-electron chi connectivity index (χ1n) is 10.9. The van der Waals surface area contributed by atoms with Gasteiger partial charge in [0.2, 0.25) is 0 Å². The standard InChI is InChI=1S/C26H43NO2/c1-10-12-24(11-2)28-18-15-26(23(6)29-25(7,8)9)13-16-27(17-14-26)20-22(5)19-21(3)4/h10-12,19H,5-6,13-18,20H2,1-4,7-9H3/b12-10-,24-11+. The SMILES string of the molecule is C=C(C=C(C)C)CN1CCC(CCOC(/C=C\C)=C/C)(C(=C)OC(C)(C)C)CC1. The molecule has 164 valence electrons. The van der Waals surface area contributed by atoms with Crippen molar-refractivity contribution in [3.05, 3.63) is 60.1 Å². The topological polar surface area (TPSA) is 21.7 Å². The average Bonchev–Trinajstić information content (AvgIpc) is 2.60. The molecule has 0 radical (unpaired) electrons. The highest BCUT2D eigenvalue weighted by atomic mass is 16.5. The number of likely N-dealkylation sites (tertiary alicyclic amines) is 1. The number of nitrogens with zero attached hydrogens (tertiary/aromatic N) is 1. The summed E-state index contributed by atoms with van der Waals surface area (Å²) >= 11 is 0. The van der Waals surface area contributed by atoms with E-state index in [0.717, 1.165) is 50.4 Å². The minimum atomic E-state index is -0.237. The molecule has 29 heavy (non-hydrogen) atoms. The summed E-state index contributed by atoms with van der Waals surface area (Å²) in [7, 11) is 0. The van der Waals surface area contributed by atoms with Gasteiger partial charge in [-0.05, 0) is 98.5 Å². The zero-order valence-electron chi connectivity index (χ0n) is 19.9. The number of piperidine rings is 1. The van der Waals surface area contributed by atoms with Gasteiger partial charge in [-0.1, -0.05) is 30.9 Å². The van der Waals surface area contributed by atoms with Crippen LogP contribution in [0, 0.1) is 5.41 Å². The highest BCUT2D eigenvalue weighted by Crippen LogP contribution is 2.43. The lowest BCUT2D eigenvalue weighted by Gasteiger charge is -2.44. The molecule has 1 aliphatic rings. The Kier molecular flexibility index (Phi) is 9.98. The summed E-state index contributed by atoms with van der Waals surface area (Å²) in [6.07, 6.45) is 11.2. The molecule has 0 bridgehead atoms. The average molecular weight is 402 g/mol. The van der Waals surface area contributed by atoms with E-state index in [1.807, 2.05) is 32.1 Å². The van der Waals surface area contributed by atoms with Gasteiger partial charge in [0, 0.05) is 12.0 Å². The molecule has 1 aliphatic heterocycles. The summed E-state index contributed by atoms with van der Waals surface area (Å²) in [6, 6.07) is 0. The molecule has 1 heterocycles. The monoisotopic (exact) mass is 401 g/mol. The van der Waals surface area contributed by atoms with Gasteiger partial charge < -0.3 is 9.47 Å². The van der Waals surface area contributed by atoms with Gasteiger partial charge in [-0.15, -0.1) is 0 Å². The predicted molar refractivity (Wildman–Crippen MR) is 126 cm³/mol. The van der Waals surface area contributed by atoms with Crippen molar-refractivity contribution in [2.75, 3.05) is 26.2 Å². The van der Waals surface area contributed by atoms with E-state index in [1.54, 1.807) is 0 Å². The lowest BCUT2D eigenvalue weighted by Crippen LogP contribution is -2.43. The fraction of sp³-hybridized carbons (Fsp3) is 0.615. The third-order valence-electron chi connectivity index (χ3n) is 5.22. The van der Waals surface area contributed by atoms with E-state index in [9.17, 15) is 0 Å². The Bertz CT molecular complexity index is 634. The zero-order chi connectivity index (χ0) is 22.1. The van der Waals surface area contributed by atoms with Crippen molar-refractivity contribution in [3.8, 4) is 0 Å². The van der Waals surface area contributed by atoms with Crippen molar-refractivity contribution >= 4 is 0 Å². The fourth-order valence-electron chi connectivity index (χ4n) is 3.78. The van der Waals surface area contributed by atoms with Gasteiger partial charge in [-0.25, -0.2) is 0 Å². The Morgan fingerprint density at radius 3 is 2.21 bits per heavy atom. The third-order valence-corrected chi connectivity index (χ3v) is 5.22. The van der Waals surface area contributed by atoms with Crippen LogP contribution < -0.4 is 0 Å². The van der Waals surface area contributed by atoms with Crippen LogP contribution in [0.25, 0.3) is 0 Å².